The van der Waals surface area contributed by atoms with Gasteiger partial charge < -0.3 is 5.73 Å². The number of halogens is 2. The van der Waals surface area contributed by atoms with Crippen LogP contribution in [-0.4, -0.2) is 10.9 Å². The van der Waals surface area contributed by atoms with Crippen molar-refractivity contribution in [1.82, 2.24) is 4.98 Å². The molecule has 0 saturated heterocycles. The van der Waals surface area contributed by atoms with E-state index in [1.54, 1.807) is 6.07 Å². The second-order valence-electron chi connectivity index (χ2n) is 1.82. The molecular formula is C6H4BrClN2O. The van der Waals surface area contributed by atoms with Gasteiger partial charge in [-0.15, -0.1) is 0 Å². The van der Waals surface area contributed by atoms with Crippen LogP contribution in [0.15, 0.2) is 16.7 Å². The van der Waals surface area contributed by atoms with Crippen molar-refractivity contribution in [2.24, 2.45) is 5.73 Å². The molecule has 2 N–H and O–H groups in total. The monoisotopic (exact) mass is 234 g/mol. The number of hydrogen-bond acceptors (Lipinski definition) is 2. The summed E-state index contributed by atoms with van der Waals surface area (Å²) in [4.78, 5) is 14.3. The fourth-order valence-corrected chi connectivity index (χ4v) is 1.10. The minimum absolute atomic E-state index is 0.0843. The van der Waals surface area contributed by atoms with E-state index in [9.17, 15) is 4.79 Å². The summed E-state index contributed by atoms with van der Waals surface area (Å²) in [6.45, 7) is 0. The van der Waals surface area contributed by atoms with Gasteiger partial charge in [-0.2, -0.15) is 0 Å². The molecule has 1 heterocycles. The smallest absolute Gasteiger partial charge is 0.268 e. The molecule has 5 heteroatoms. The lowest BCUT2D eigenvalue weighted by Gasteiger charge is -1.98. The van der Waals surface area contributed by atoms with E-state index in [1.807, 2.05) is 0 Å². The average molecular weight is 235 g/mol. The highest BCUT2D eigenvalue weighted by Crippen LogP contribution is 2.23. The standard InChI is InChI=1S/C6H4BrClN2O/c7-3-1-2-10-5(4(3)8)6(9)11/h1-2H,(H2,9,11). The Kier molecular flexibility index (Phi) is 2.46. The zero-order chi connectivity index (χ0) is 8.43. The van der Waals surface area contributed by atoms with Gasteiger partial charge in [0.1, 0.15) is 5.69 Å². The van der Waals surface area contributed by atoms with E-state index in [4.69, 9.17) is 17.3 Å². The Morgan fingerprint density at radius 1 is 1.73 bits per heavy atom. The first kappa shape index (κ1) is 8.49. The first-order chi connectivity index (χ1) is 5.13. The molecule has 0 atom stereocenters. The Bertz CT molecular complexity index is 303. The number of carbonyl (C=O) groups is 1. The van der Waals surface area contributed by atoms with Crippen molar-refractivity contribution in [3.63, 3.8) is 0 Å². The van der Waals surface area contributed by atoms with Gasteiger partial charge >= 0.3 is 0 Å². The van der Waals surface area contributed by atoms with Crippen molar-refractivity contribution in [3.8, 4) is 0 Å². The summed E-state index contributed by atoms with van der Waals surface area (Å²) < 4.78 is 0.614. The topological polar surface area (TPSA) is 56.0 Å². The summed E-state index contributed by atoms with van der Waals surface area (Å²) in [6, 6.07) is 1.63. The third-order valence-corrected chi connectivity index (χ3v) is 2.35. The normalized spacial score (nSPS) is 9.64. The van der Waals surface area contributed by atoms with Gasteiger partial charge in [-0.1, -0.05) is 11.6 Å². The molecule has 0 radical (unpaired) electrons. The fourth-order valence-electron chi connectivity index (χ4n) is 0.592. The molecule has 0 aliphatic heterocycles. The average Bonchev–Trinajstić information content (AvgIpc) is 1.94. The van der Waals surface area contributed by atoms with Crippen LogP contribution in [-0.2, 0) is 0 Å². The molecule has 1 aromatic rings. The summed E-state index contributed by atoms with van der Waals surface area (Å²) in [5, 5.41) is 0.250. The van der Waals surface area contributed by atoms with Crippen LogP contribution in [0, 0.1) is 0 Å². The van der Waals surface area contributed by atoms with E-state index >= 15 is 0 Å². The van der Waals surface area contributed by atoms with Crippen LogP contribution in [0.3, 0.4) is 0 Å². The van der Waals surface area contributed by atoms with Gasteiger partial charge in [-0.05, 0) is 22.0 Å². The van der Waals surface area contributed by atoms with Crippen LogP contribution in [0.25, 0.3) is 0 Å². The lowest BCUT2D eigenvalue weighted by molar-refractivity contribution is 0.0995. The van der Waals surface area contributed by atoms with Gasteiger partial charge in [0.05, 0.1) is 5.02 Å². The number of carbonyl (C=O) groups excluding carboxylic acids is 1. The molecule has 0 saturated carbocycles. The lowest BCUT2D eigenvalue weighted by atomic mass is 10.3. The number of nitrogens with zero attached hydrogens (tertiary/aromatic N) is 1. The predicted molar refractivity (Wildman–Crippen MR) is 45.5 cm³/mol. The van der Waals surface area contributed by atoms with Gasteiger partial charge in [0.15, 0.2) is 0 Å². The highest BCUT2D eigenvalue weighted by atomic mass is 79.9. The Hall–Kier alpha value is -0.610. The van der Waals surface area contributed by atoms with Gasteiger partial charge in [0.2, 0.25) is 0 Å². The molecule has 0 aliphatic rings. The van der Waals surface area contributed by atoms with Crippen LogP contribution >= 0.6 is 27.5 Å². The van der Waals surface area contributed by atoms with Crippen LogP contribution in [0.2, 0.25) is 5.02 Å². The number of amides is 1. The van der Waals surface area contributed by atoms with Crippen LogP contribution in [0.4, 0.5) is 0 Å². The number of primary amides is 1. The second-order valence-corrected chi connectivity index (χ2v) is 3.05. The van der Waals surface area contributed by atoms with Crippen LogP contribution < -0.4 is 5.73 Å². The van der Waals surface area contributed by atoms with E-state index in [2.05, 4.69) is 20.9 Å². The summed E-state index contributed by atoms with van der Waals surface area (Å²) in [6.07, 6.45) is 1.45. The second kappa shape index (κ2) is 3.19. The summed E-state index contributed by atoms with van der Waals surface area (Å²) in [5.74, 6) is -0.628. The third-order valence-electron chi connectivity index (χ3n) is 1.08. The van der Waals surface area contributed by atoms with Gasteiger partial charge in [0.25, 0.3) is 5.91 Å². The first-order valence-corrected chi connectivity index (χ1v) is 3.90. The molecule has 3 nitrogen and oxygen atoms in total. The first-order valence-electron chi connectivity index (χ1n) is 2.72. The lowest BCUT2D eigenvalue weighted by Crippen LogP contribution is -2.13. The van der Waals surface area contributed by atoms with E-state index in [1.165, 1.54) is 6.20 Å². The van der Waals surface area contributed by atoms with Crippen molar-refractivity contribution in [2.45, 2.75) is 0 Å². The molecule has 11 heavy (non-hydrogen) atoms. The number of rotatable bonds is 1. The molecule has 1 aromatic heterocycles. The molecule has 1 rings (SSSR count). The predicted octanol–water partition coefficient (Wildman–Crippen LogP) is 1.60. The van der Waals surface area contributed by atoms with Gasteiger partial charge in [-0.3, -0.25) is 4.79 Å². The Morgan fingerprint density at radius 2 is 2.36 bits per heavy atom. The van der Waals surface area contributed by atoms with Gasteiger partial charge in [-0.25, -0.2) is 4.98 Å². The summed E-state index contributed by atoms with van der Waals surface area (Å²) in [7, 11) is 0. The Balaban J connectivity index is 3.27. The highest BCUT2D eigenvalue weighted by Gasteiger charge is 2.09. The number of pyridine rings is 1. The minimum atomic E-state index is -0.628. The molecule has 0 spiro atoms. The van der Waals surface area contributed by atoms with Crippen molar-refractivity contribution < 1.29 is 4.79 Å². The SMILES string of the molecule is NC(=O)c1nccc(Br)c1Cl. The molecule has 0 bridgehead atoms. The highest BCUT2D eigenvalue weighted by molar-refractivity contribution is 9.10. The van der Waals surface area contributed by atoms with Crippen LogP contribution in [0.5, 0.6) is 0 Å². The quantitative estimate of drug-likeness (QED) is 0.804. The minimum Gasteiger partial charge on any atom is -0.364 e. The van der Waals surface area contributed by atoms with Crippen molar-refractivity contribution in [2.75, 3.05) is 0 Å². The maximum Gasteiger partial charge on any atom is 0.268 e. The van der Waals surface area contributed by atoms with Crippen molar-refractivity contribution in [1.29, 1.82) is 0 Å². The maximum atomic E-state index is 10.6. The fraction of sp³-hybridized carbons (Fsp3) is 0. The molecule has 0 aliphatic carbocycles. The zero-order valence-electron chi connectivity index (χ0n) is 5.34. The van der Waals surface area contributed by atoms with E-state index in [0.29, 0.717) is 4.47 Å². The molecular weight excluding hydrogens is 231 g/mol. The molecule has 1 amide bonds. The van der Waals surface area contributed by atoms with E-state index in [-0.39, 0.29) is 10.7 Å². The van der Waals surface area contributed by atoms with E-state index < -0.39 is 5.91 Å². The van der Waals surface area contributed by atoms with Crippen molar-refractivity contribution in [3.05, 3.63) is 27.5 Å². The van der Waals surface area contributed by atoms with Gasteiger partial charge in [0, 0.05) is 10.7 Å². The maximum absolute atomic E-state index is 10.6. The molecule has 0 aromatic carbocycles. The Labute approximate surface area is 76.7 Å². The number of hydrogen-bond donors (Lipinski definition) is 1. The number of aromatic nitrogens is 1. The Morgan fingerprint density at radius 3 is 2.82 bits per heavy atom. The molecule has 0 fully saturated rings. The van der Waals surface area contributed by atoms with Crippen molar-refractivity contribution >= 4 is 33.4 Å². The molecule has 0 unspecified atom stereocenters. The third kappa shape index (κ3) is 1.70. The van der Waals surface area contributed by atoms with Crippen LogP contribution in [0.1, 0.15) is 10.5 Å². The summed E-state index contributed by atoms with van der Waals surface area (Å²) >= 11 is 8.81. The largest absolute Gasteiger partial charge is 0.364 e. The number of nitrogens with two attached hydrogens (primary N) is 1. The zero-order valence-corrected chi connectivity index (χ0v) is 7.69. The summed E-state index contributed by atoms with van der Waals surface area (Å²) in [5.41, 5.74) is 5.06. The molecule has 58 valence electrons. The van der Waals surface area contributed by atoms with E-state index in [0.717, 1.165) is 0 Å².